The number of nitrogens with zero attached hydrogens (tertiary/aromatic N) is 3. The van der Waals surface area contributed by atoms with Crippen LogP contribution in [0.2, 0.25) is 0 Å². The van der Waals surface area contributed by atoms with E-state index in [0.717, 1.165) is 5.56 Å². The van der Waals surface area contributed by atoms with Crippen LogP contribution in [0.15, 0.2) is 53.8 Å². The first-order valence-electron chi connectivity index (χ1n) is 8.45. The van der Waals surface area contributed by atoms with Gasteiger partial charge in [-0.15, -0.1) is 0 Å². The monoisotopic (exact) mass is 362 g/mol. The first-order chi connectivity index (χ1) is 13.2. The van der Waals surface area contributed by atoms with E-state index in [1.165, 1.54) is 19.5 Å². The molecule has 0 fully saturated rings. The zero-order valence-electron chi connectivity index (χ0n) is 14.9. The number of fused-ring (bicyclic) bond motifs is 2. The van der Waals surface area contributed by atoms with Gasteiger partial charge in [-0.3, -0.25) is 0 Å². The van der Waals surface area contributed by atoms with Gasteiger partial charge in [-0.25, -0.2) is 9.98 Å². The number of benzene rings is 2. The van der Waals surface area contributed by atoms with Gasteiger partial charge in [-0.1, -0.05) is 30.3 Å². The summed E-state index contributed by atoms with van der Waals surface area (Å²) in [6.45, 7) is 2.04. The SMILES string of the molecule is COc1cc2c(cc1O)C=Nc1c(N[C@H](C)c3ccccc3)ncnc1O2. The van der Waals surface area contributed by atoms with Crippen molar-refractivity contribution in [3.05, 3.63) is 59.9 Å². The van der Waals surface area contributed by atoms with Crippen LogP contribution >= 0.6 is 0 Å². The number of methoxy groups -OCH3 is 1. The quantitative estimate of drug-likeness (QED) is 0.565. The largest absolute Gasteiger partial charge is 0.504 e. The second-order valence-corrected chi connectivity index (χ2v) is 6.07. The molecule has 27 heavy (non-hydrogen) atoms. The number of aromatic hydroxyl groups is 1. The lowest BCUT2D eigenvalue weighted by Gasteiger charge is -2.16. The van der Waals surface area contributed by atoms with Crippen LogP contribution in [0.1, 0.15) is 24.1 Å². The fourth-order valence-electron chi connectivity index (χ4n) is 2.85. The number of phenols is 1. The van der Waals surface area contributed by atoms with Crippen molar-refractivity contribution in [2.75, 3.05) is 12.4 Å². The van der Waals surface area contributed by atoms with E-state index in [4.69, 9.17) is 9.47 Å². The minimum absolute atomic E-state index is 0.0133. The normalized spacial score (nSPS) is 13.0. The summed E-state index contributed by atoms with van der Waals surface area (Å²) in [5, 5.41) is 13.3. The Bertz CT molecular complexity index is 1010. The molecule has 3 aromatic rings. The standard InChI is InChI=1S/C20H18N4O3/c1-12(13-6-4-3-5-7-13)24-19-18-20(23-11-22-19)27-16-9-17(26-2)15(25)8-14(16)10-21-18/h3-12,25H,1-2H3,(H,22,23,24)/t12-/m1/s1. The third kappa shape index (κ3) is 3.27. The maximum atomic E-state index is 9.99. The summed E-state index contributed by atoms with van der Waals surface area (Å²) in [6, 6.07) is 13.2. The molecular weight excluding hydrogens is 344 g/mol. The minimum atomic E-state index is 0.0133. The minimum Gasteiger partial charge on any atom is -0.504 e. The second kappa shape index (κ2) is 6.95. The predicted molar refractivity (Wildman–Crippen MR) is 102 cm³/mol. The molecule has 7 nitrogen and oxygen atoms in total. The molecule has 2 aromatic carbocycles. The van der Waals surface area contributed by atoms with Crippen molar-refractivity contribution in [3.63, 3.8) is 0 Å². The second-order valence-electron chi connectivity index (χ2n) is 6.07. The molecule has 1 aromatic heterocycles. The summed E-state index contributed by atoms with van der Waals surface area (Å²) in [4.78, 5) is 13.0. The molecule has 0 unspecified atom stereocenters. The lowest BCUT2D eigenvalue weighted by molar-refractivity contribution is 0.369. The first-order valence-corrected chi connectivity index (χ1v) is 8.45. The van der Waals surface area contributed by atoms with Gasteiger partial charge in [-0.2, -0.15) is 4.98 Å². The Balaban J connectivity index is 1.69. The molecular formula is C20H18N4O3. The van der Waals surface area contributed by atoms with Gasteiger partial charge >= 0.3 is 0 Å². The van der Waals surface area contributed by atoms with Gasteiger partial charge in [0.2, 0.25) is 0 Å². The summed E-state index contributed by atoms with van der Waals surface area (Å²) in [7, 11) is 1.48. The molecule has 136 valence electrons. The number of aliphatic imine (C=N–C) groups is 1. The Kier molecular flexibility index (Phi) is 4.33. The van der Waals surface area contributed by atoms with Gasteiger partial charge < -0.3 is 19.9 Å². The predicted octanol–water partition coefficient (Wildman–Crippen LogP) is 4.22. The zero-order valence-corrected chi connectivity index (χ0v) is 14.9. The van der Waals surface area contributed by atoms with Gasteiger partial charge in [0.1, 0.15) is 12.1 Å². The number of phenolic OH excluding ortho intramolecular Hbond substituents is 1. The van der Waals surface area contributed by atoms with Crippen molar-refractivity contribution < 1.29 is 14.6 Å². The molecule has 7 heteroatoms. The number of nitrogens with one attached hydrogen (secondary N) is 1. The lowest BCUT2D eigenvalue weighted by Crippen LogP contribution is -2.08. The van der Waals surface area contributed by atoms with Crippen LogP contribution in [0.3, 0.4) is 0 Å². The Morgan fingerprint density at radius 1 is 1.15 bits per heavy atom. The van der Waals surface area contributed by atoms with Crippen molar-refractivity contribution in [1.29, 1.82) is 0 Å². The Labute approximate surface area is 156 Å². The molecule has 0 aliphatic carbocycles. The van der Waals surface area contributed by atoms with Crippen LogP contribution in [-0.2, 0) is 0 Å². The van der Waals surface area contributed by atoms with E-state index in [-0.39, 0.29) is 11.8 Å². The molecule has 2 N–H and O–H groups in total. The molecule has 2 heterocycles. The highest BCUT2D eigenvalue weighted by molar-refractivity contribution is 5.90. The molecule has 0 radical (unpaired) electrons. The zero-order chi connectivity index (χ0) is 18.8. The molecule has 0 amide bonds. The molecule has 0 spiro atoms. The van der Waals surface area contributed by atoms with E-state index in [1.54, 1.807) is 12.3 Å². The number of hydrogen-bond donors (Lipinski definition) is 2. The summed E-state index contributed by atoms with van der Waals surface area (Å²) >= 11 is 0. The number of anilines is 1. The van der Waals surface area contributed by atoms with Crippen LogP contribution in [0, 0.1) is 0 Å². The van der Waals surface area contributed by atoms with E-state index in [9.17, 15) is 5.11 Å². The van der Waals surface area contributed by atoms with E-state index in [1.807, 2.05) is 37.3 Å². The van der Waals surface area contributed by atoms with Crippen LogP contribution in [0.4, 0.5) is 11.5 Å². The molecule has 0 saturated carbocycles. The Morgan fingerprint density at radius 2 is 1.96 bits per heavy atom. The highest BCUT2D eigenvalue weighted by Gasteiger charge is 2.20. The van der Waals surface area contributed by atoms with Crippen LogP contribution in [-0.4, -0.2) is 28.4 Å². The smallest absolute Gasteiger partial charge is 0.250 e. The molecule has 1 atom stereocenters. The van der Waals surface area contributed by atoms with Crippen LogP contribution < -0.4 is 14.8 Å². The van der Waals surface area contributed by atoms with Gasteiger partial charge in [0.25, 0.3) is 5.88 Å². The molecule has 1 aliphatic rings. The van der Waals surface area contributed by atoms with E-state index >= 15 is 0 Å². The van der Waals surface area contributed by atoms with E-state index < -0.39 is 0 Å². The fraction of sp³-hybridized carbons (Fsp3) is 0.150. The Hall–Kier alpha value is -3.61. The molecule has 4 rings (SSSR count). The number of ether oxygens (including phenoxy) is 2. The molecule has 1 aliphatic heterocycles. The van der Waals surface area contributed by atoms with Crippen molar-refractivity contribution in [3.8, 4) is 23.1 Å². The summed E-state index contributed by atoms with van der Waals surface area (Å²) in [5.74, 6) is 1.72. The first kappa shape index (κ1) is 16.8. The molecule has 0 saturated heterocycles. The third-order valence-electron chi connectivity index (χ3n) is 4.29. The van der Waals surface area contributed by atoms with Crippen molar-refractivity contribution >= 4 is 17.7 Å². The van der Waals surface area contributed by atoms with Crippen molar-refractivity contribution in [2.45, 2.75) is 13.0 Å². The van der Waals surface area contributed by atoms with Crippen molar-refractivity contribution in [1.82, 2.24) is 9.97 Å². The van der Waals surface area contributed by atoms with Gasteiger partial charge in [0.05, 0.1) is 13.2 Å². The maximum Gasteiger partial charge on any atom is 0.250 e. The number of hydrogen-bond acceptors (Lipinski definition) is 7. The average molecular weight is 362 g/mol. The van der Waals surface area contributed by atoms with E-state index in [2.05, 4.69) is 20.3 Å². The van der Waals surface area contributed by atoms with Crippen LogP contribution in [0.5, 0.6) is 23.1 Å². The molecule has 0 bridgehead atoms. The summed E-state index contributed by atoms with van der Waals surface area (Å²) in [5.41, 5.74) is 2.24. The summed E-state index contributed by atoms with van der Waals surface area (Å²) in [6.07, 6.45) is 3.04. The third-order valence-corrected chi connectivity index (χ3v) is 4.29. The maximum absolute atomic E-state index is 9.99. The number of rotatable bonds is 4. The highest BCUT2D eigenvalue weighted by atomic mass is 16.5. The van der Waals surface area contributed by atoms with Crippen molar-refractivity contribution in [2.24, 2.45) is 4.99 Å². The van der Waals surface area contributed by atoms with Gasteiger partial charge in [0, 0.05) is 17.8 Å². The van der Waals surface area contributed by atoms with Gasteiger partial charge in [0.15, 0.2) is 23.0 Å². The lowest BCUT2D eigenvalue weighted by atomic mass is 10.1. The number of aromatic nitrogens is 2. The average Bonchev–Trinajstić information content (AvgIpc) is 2.87. The highest BCUT2D eigenvalue weighted by Crippen LogP contribution is 2.42. The summed E-state index contributed by atoms with van der Waals surface area (Å²) < 4.78 is 11.1. The van der Waals surface area contributed by atoms with Crippen LogP contribution in [0.25, 0.3) is 0 Å². The van der Waals surface area contributed by atoms with Gasteiger partial charge in [-0.05, 0) is 18.6 Å². The Morgan fingerprint density at radius 3 is 2.74 bits per heavy atom. The van der Waals surface area contributed by atoms with E-state index in [0.29, 0.717) is 34.4 Å². The fourth-order valence-corrected chi connectivity index (χ4v) is 2.85. The topological polar surface area (TPSA) is 88.9 Å².